The fourth-order valence-corrected chi connectivity index (χ4v) is 10.9. The number of aliphatic hydroxyl groups excluding tert-OH is 1. The lowest BCUT2D eigenvalue weighted by atomic mass is 9.46. The number of ketones is 2. The molecular formula is C30H34N2O5S2. The highest BCUT2D eigenvalue weighted by molar-refractivity contribution is 8.01. The number of pyridine rings is 1. The van der Waals surface area contributed by atoms with Gasteiger partial charge in [0.25, 0.3) is 0 Å². The van der Waals surface area contributed by atoms with Crippen molar-refractivity contribution in [3.63, 3.8) is 0 Å². The molecule has 7 rings (SSSR count). The van der Waals surface area contributed by atoms with Gasteiger partial charge < -0.3 is 14.6 Å². The maximum Gasteiger partial charge on any atom is 0.178 e. The number of carbonyl (C=O) groups excluding carboxylic acids is 2. The summed E-state index contributed by atoms with van der Waals surface area (Å²) in [7, 11) is 0. The minimum atomic E-state index is -1.13. The molecule has 39 heavy (non-hydrogen) atoms. The van der Waals surface area contributed by atoms with Crippen LogP contribution in [0.5, 0.6) is 0 Å². The molecule has 3 heterocycles. The van der Waals surface area contributed by atoms with Crippen molar-refractivity contribution in [2.24, 2.45) is 28.6 Å². The Kier molecular flexibility index (Phi) is 5.70. The number of rotatable bonds is 4. The summed E-state index contributed by atoms with van der Waals surface area (Å²) in [5, 5.41) is 11.8. The van der Waals surface area contributed by atoms with E-state index >= 15 is 0 Å². The summed E-state index contributed by atoms with van der Waals surface area (Å²) in [5.74, 6) is -0.273. The van der Waals surface area contributed by atoms with Crippen molar-refractivity contribution in [2.75, 3.05) is 5.75 Å². The quantitative estimate of drug-likeness (QED) is 0.509. The number of thioether (sulfide) groups is 1. The van der Waals surface area contributed by atoms with Crippen LogP contribution in [0, 0.1) is 28.6 Å². The van der Waals surface area contributed by atoms with E-state index in [4.69, 9.17) is 9.47 Å². The lowest BCUT2D eigenvalue weighted by Crippen LogP contribution is -2.63. The van der Waals surface area contributed by atoms with Crippen molar-refractivity contribution >= 4 is 45.0 Å². The van der Waals surface area contributed by atoms with Gasteiger partial charge in [0.05, 0.1) is 18.0 Å². The summed E-state index contributed by atoms with van der Waals surface area (Å²) >= 11 is 2.92. The molecule has 4 aliphatic carbocycles. The lowest BCUT2D eigenvalue weighted by Gasteiger charge is -2.60. The summed E-state index contributed by atoms with van der Waals surface area (Å²) in [6.45, 7) is 8.09. The third-order valence-electron chi connectivity index (χ3n) is 10.4. The van der Waals surface area contributed by atoms with Gasteiger partial charge in [0, 0.05) is 22.9 Å². The first-order valence-corrected chi connectivity index (χ1v) is 15.6. The molecule has 1 saturated heterocycles. The van der Waals surface area contributed by atoms with Crippen LogP contribution in [-0.2, 0) is 19.1 Å². The maximum absolute atomic E-state index is 14.4. The number of aromatic nitrogens is 2. The topological polar surface area (TPSA) is 98.6 Å². The Labute approximate surface area is 236 Å². The van der Waals surface area contributed by atoms with Crippen LogP contribution in [0.2, 0.25) is 0 Å². The molecule has 0 amide bonds. The molecular weight excluding hydrogens is 532 g/mol. The number of nitrogens with zero attached hydrogens (tertiary/aromatic N) is 2. The molecule has 3 saturated carbocycles. The molecule has 5 aliphatic rings. The molecule has 9 heteroatoms. The third kappa shape index (κ3) is 3.59. The molecule has 0 aromatic carbocycles. The standard InChI is InChI=1S/C30H34N2O5S2/c1-27(2)36-23-13-19-18-8-7-16-12-17(33)9-10-28(16,3)24(18)21(34)14-29(19,4)30(23,37-27)22(35)15-38-26-32-20-6-5-11-31-25(20)39-26/h5-6,9-12,18-19,21,23-24,34H,7-8,13-15H2,1-4H3/t18?,19?,21-,23+,24?,28?,29?,30+/m0/s1. The van der Waals surface area contributed by atoms with Crippen LogP contribution in [-0.4, -0.2) is 56.0 Å². The number of Topliss-reactive ketones (excluding diaryl/α,β-unsaturated/α-hetero) is 1. The van der Waals surface area contributed by atoms with Crippen LogP contribution < -0.4 is 0 Å². The number of fused-ring (bicyclic) bond motifs is 8. The molecule has 0 radical (unpaired) electrons. The summed E-state index contributed by atoms with van der Waals surface area (Å²) < 4.78 is 14.0. The number of carbonyl (C=O) groups is 2. The highest BCUT2D eigenvalue weighted by Gasteiger charge is 2.76. The van der Waals surface area contributed by atoms with Gasteiger partial charge in [-0.15, -0.1) is 0 Å². The van der Waals surface area contributed by atoms with Gasteiger partial charge in [0.1, 0.15) is 10.3 Å². The lowest BCUT2D eigenvalue weighted by molar-refractivity contribution is -0.223. The third-order valence-corrected chi connectivity index (χ3v) is 12.5. The van der Waals surface area contributed by atoms with Crippen LogP contribution >= 0.6 is 23.1 Å². The monoisotopic (exact) mass is 566 g/mol. The van der Waals surface area contributed by atoms with E-state index in [2.05, 4.69) is 23.8 Å². The molecule has 5 unspecified atom stereocenters. The number of aliphatic hydroxyl groups is 1. The highest BCUT2D eigenvalue weighted by atomic mass is 32.2. The van der Waals surface area contributed by atoms with Crippen molar-refractivity contribution < 1.29 is 24.2 Å². The smallest absolute Gasteiger partial charge is 0.178 e. The van der Waals surface area contributed by atoms with Gasteiger partial charge in [-0.1, -0.05) is 48.6 Å². The minimum Gasteiger partial charge on any atom is -0.393 e. The van der Waals surface area contributed by atoms with E-state index in [0.29, 0.717) is 6.42 Å². The van der Waals surface area contributed by atoms with E-state index in [0.717, 1.165) is 39.5 Å². The average molecular weight is 567 g/mol. The Hall–Kier alpha value is -1.91. The van der Waals surface area contributed by atoms with Crippen molar-refractivity contribution in [3.8, 4) is 0 Å². The van der Waals surface area contributed by atoms with Crippen molar-refractivity contribution in [2.45, 2.75) is 81.3 Å². The zero-order valence-corrected chi connectivity index (χ0v) is 24.3. The number of hydrogen-bond donors (Lipinski definition) is 1. The summed E-state index contributed by atoms with van der Waals surface area (Å²) in [5.41, 5.74) is -0.112. The average Bonchev–Trinajstić information content (AvgIpc) is 3.49. The number of hydrogen-bond acceptors (Lipinski definition) is 9. The first kappa shape index (κ1) is 26.0. The van der Waals surface area contributed by atoms with Gasteiger partial charge in [-0.3, -0.25) is 9.59 Å². The number of thiazole rings is 1. The zero-order chi connectivity index (χ0) is 27.4. The van der Waals surface area contributed by atoms with E-state index in [-0.39, 0.29) is 46.6 Å². The molecule has 0 bridgehead atoms. The highest BCUT2D eigenvalue weighted by Crippen LogP contribution is 2.70. The Morgan fingerprint density at radius 3 is 2.90 bits per heavy atom. The van der Waals surface area contributed by atoms with Gasteiger partial charge in [0.15, 0.2) is 27.3 Å². The van der Waals surface area contributed by atoms with Crippen molar-refractivity contribution in [3.05, 3.63) is 42.1 Å². The van der Waals surface area contributed by atoms with Crippen LogP contribution in [0.25, 0.3) is 10.3 Å². The zero-order valence-electron chi connectivity index (χ0n) is 22.7. The van der Waals surface area contributed by atoms with Gasteiger partial charge in [-0.05, 0) is 75.7 Å². The predicted molar refractivity (Wildman–Crippen MR) is 149 cm³/mol. The minimum absolute atomic E-state index is 0.0106. The van der Waals surface area contributed by atoms with Gasteiger partial charge in [-0.2, -0.15) is 0 Å². The van der Waals surface area contributed by atoms with E-state index in [1.54, 1.807) is 18.3 Å². The summed E-state index contributed by atoms with van der Waals surface area (Å²) in [4.78, 5) is 36.4. The largest absolute Gasteiger partial charge is 0.393 e. The SMILES string of the molecule is CC1(C)O[C@@H]2CC3C4CCC5=CC(=O)C=CC5(C)C4[C@@H](O)CC3(C)[C@]2(C(=O)CSc2nc3cccnc3s2)O1. The second-order valence-corrected chi connectivity index (χ2v) is 15.0. The molecule has 0 spiro atoms. The molecule has 1 aliphatic heterocycles. The summed E-state index contributed by atoms with van der Waals surface area (Å²) in [6.07, 6.45) is 9.11. The first-order chi connectivity index (χ1) is 18.5. The normalized spacial score (nSPS) is 42.0. The molecule has 206 valence electrons. The van der Waals surface area contributed by atoms with Crippen molar-refractivity contribution in [1.82, 2.24) is 9.97 Å². The second kappa shape index (κ2) is 8.55. The van der Waals surface area contributed by atoms with E-state index in [1.165, 1.54) is 23.1 Å². The van der Waals surface area contributed by atoms with Crippen molar-refractivity contribution in [1.29, 1.82) is 0 Å². The Morgan fingerprint density at radius 1 is 1.28 bits per heavy atom. The number of ether oxygens (including phenoxy) is 2. The Balaban J connectivity index is 1.23. The van der Waals surface area contributed by atoms with E-state index in [1.807, 2.05) is 32.1 Å². The fourth-order valence-electron chi connectivity index (χ4n) is 8.97. The van der Waals surface area contributed by atoms with Gasteiger partial charge in [0.2, 0.25) is 0 Å². The second-order valence-electron chi connectivity index (χ2n) is 12.8. The molecule has 8 atom stereocenters. The van der Waals surface area contributed by atoms with Crippen LogP contribution in [0.3, 0.4) is 0 Å². The van der Waals surface area contributed by atoms with E-state index < -0.39 is 22.9 Å². The van der Waals surface area contributed by atoms with Crippen LogP contribution in [0.1, 0.15) is 53.4 Å². The van der Waals surface area contributed by atoms with Gasteiger partial charge >= 0.3 is 0 Å². The summed E-state index contributed by atoms with van der Waals surface area (Å²) in [6, 6.07) is 3.80. The molecule has 4 fully saturated rings. The van der Waals surface area contributed by atoms with E-state index in [9.17, 15) is 14.7 Å². The predicted octanol–water partition coefficient (Wildman–Crippen LogP) is 5.13. The molecule has 2 aromatic rings. The molecule has 2 aromatic heterocycles. The maximum atomic E-state index is 14.4. The number of allylic oxidation sites excluding steroid dienone is 4. The first-order valence-electron chi connectivity index (χ1n) is 13.8. The van der Waals surface area contributed by atoms with Crippen LogP contribution in [0.15, 0.2) is 46.5 Å². The molecule has 1 N–H and O–H groups in total. The Bertz CT molecular complexity index is 1420. The van der Waals surface area contributed by atoms with Gasteiger partial charge in [-0.25, -0.2) is 9.97 Å². The fraction of sp³-hybridized carbons (Fsp3) is 0.600. The Morgan fingerprint density at radius 2 is 2.10 bits per heavy atom. The van der Waals surface area contributed by atoms with Crippen LogP contribution in [0.4, 0.5) is 0 Å². The molecule has 7 nitrogen and oxygen atoms in total.